The highest BCUT2D eigenvalue weighted by Crippen LogP contribution is 2.31. The van der Waals surface area contributed by atoms with Crippen molar-refractivity contribution < 1.29 is 8.78 Å². The maximum Gasteiger partial charge on any atom is 0.178 e. The van der Waals surface area contributed by atoms with Crippen LogP contribution in [-0.4, -0.2) is 4.98 Å². The molecule has 4 nitrogen and oxygen atoms in total. The number of hydrogen-bond donors (Lipinski definition) is 3. The van der Waals surface area contributed by atoms with Crippen molar-refractivity contribution in [2.24, 2.45) is 5.84 Å². The number of halogens is 4. The van der Waals surface area contributed by atoms with E-state index in [1.54, 1.807) is 13.0 Å². The molecule has 1 aromatic carbocycles. The maximum absolute atomic E-state index is 13.7. The van der Waals surface area contributed by atoms with Crippen molar-refractivity contribution in [3.05, 3.63) is 45.4 Å². The summed E-state index contributed by atoms with van der Waals surface area (Å²) >= 11 is 12.0. The summed E-state index contributed by atoms with van der Waals surface area (Å²) in [4.78, 5) is 3.68. The second kappa shape index (κ2) is 5.78. The molecule has 0 aliphatic rings. The van der Waals surface area contributed by atoms with Crippen LogP contribution in [0.15, 0.2) is 18.2 Å². The van der Waals surface area contributed by atoms with E-state index < -0.39 is 11.6 Å². The van der Waals surface area contributed by atoms with Gasteiger partial charge in [0.05, 0.1) is 10.7 Å². The third-order valence-corrected chi connectivity index (χ3v) is 3.29. The SMILES string of the molecule is Cc1cc(Cl)c(Nc2nc(NN)c(F)cc2F)cc1Cl. The van der Waals surface area contributed by atoms with Crippen LogP contribution in [-0.2, 0) is 0 Å². The highest BCUT2D eigenvalue weighted by Gasteiger charge is 2.13. The number of aryl methyl sites for hydroxylation is 1. The Labute approximate surface area is 123 Å². The predicted octanol–water partition coefficient (Wildman–Crippen LogP) is 4.00. The van der Waals surface area contributed by atoms with Crippen molar-refractivity contribution in [3.8, 4) is 0 Å². The third kappa shape index (κ3) is 2.92. The quantitative estimate of drug-likeness (QED) is 0.591. The predicted molar refractivity (Wildman–Crippen MR) is 76.4 cm³/mol. The zero-order valence-electron chi connectivity index (χ0n) is 10.3. The Morgan fingerprint density at radius 2 is 1.70 bits per heavy atom. The first-order valence-electron chi connectivity index (χ1n) is 5.47. The van der Waals surface area contributed by atoms with E-state index in [9.17, 15) is 8.78 Å². The zero-order valence-corrected chi connectivity index (χ0v) is 11.8. The van der Waals surface area contributed by atoms with Gasteiger partial charge in [0.1, 0.15) is 0 Å². The van der Waals surface area contributed by atoms with Gasteiger partial charge in [0.25, 0.3) is 0 Å². The number of nitrogens with zero attached hydrogens (tertiary/aromatic N) is 1. The highest BCUT2D eigenvalue weighted by molar-refractivity contribution is 6.35. The lowest BCUT2D eigenvalue weighted by Crippen LogP contribution is -2.12. The zero-order chi connectivity index (χ0) is 14.9. The van der Waals surface area contributed by atoms with E-state index in [4.69, 9.17) is 29.0 Å². The van der Waals surface area contributed by atoms with Crippen molar-refractivity contribution in [2.75, 3.05) is 10.7 Å². The van der Waals surface area contributed by atoms with Crippen molar-refractivity contribution in [1.82, 2.24) is 4.98 Å². The molecule has 2 rings (SSSR count). The maximum atomic E-state index is 13.7. The molecule has 0 saturated heterocycles. The molecule has 106 valence electrons. The molecule has 0 radical (unpaired) electrons. The normalized spacial score (nSPS) is 10.5. The number of pyridine rings is 1. The molecule has 0 atom stereocenters. The lowest BCUT2D eigenvalue weighted by Gasteiger charge is -2.12. The molecule has 2 aromatic rings. The van der Waals surface area contributed by atoms with Gasteiger partial charge in [-0.15, -0.1) is 0 Å². The number of hydrogen-bond acceptors (Lipinski definition) is 4. The standard InChI is InChI=1S/C12H10Cl2F2N4/c1-5-2-7(14)10(3-6(5)13)18-11-8(15)4-9(16)12(19-11)20-17/h2-4H,17H2,1H3,(H2,18,19,20). The van der Waals surface area contributed by atoms with Crippen molar-refractivity contribution >= 4 is 40.5 Å². The first-order chi connectivity index (χ1) is 9.42. The molecule has 0 fully saturated rings. The fraction of sp³-hybridized carbons (Fsp3) is 0.0833. The van der Waals surface area contributed by atoms with Crippen LogP contribution in [0.1, 0.15) is 5.56 Å². The fourth-order valence-corrected chi connectivity index (χ4v) is 1.95. The van der Waals surface area contributed by atoms with Crippen LogP contribution in [0.5, 0.6) is 0 Å². The summed E-state index contributed by atoms with van der Waals surface area (Å²) in [5.41, 5.74) is 3.16. The van der Waals surface area contributed by atoms with Crippen LogP contribution in [0.25, 0.3) is 0 Å². The van der Waals surface area contributed by atoms with Gasteiger partial charge in [-0.05, 0) is 24.6 Å². The first kappa shape index (κ1) is 14.8. The molecule has 1 aromatic heterocycles. The summed E-state index contributed by atoms with van der Waals surface area (Å²) in [5.74, 6) is 2.80. The van der Waals surface area contributed by atoms with E-state index in [0.717, 1.165) is 5.56 Å². The van der Waals surface area contributed by atoms with Gasteiger partial charge in [0, 0.05) is 11.1 Å². The summed E-state index contributed by atoms with van der Waals surface area (Å²) in [6.45, 7) is 1.78. The fourth-order valence-electron chi connectivity index (χ4n) is 1.53. The molecule has 0 amide bonds. The molecular weight excluding hydrogens is 309 g/mol. The lowest BCUT2D eigenvalue weighted by molar-refractivity contribution is 0.579. The number of rotatable bonds is 3. The van der Waals surface area contributed by atoms with Gasteiger partial charge in [-0.2, -0.15) is 0 Å². The van der Waals surface area contributed by atoms with Crippen molar-refractivity contribution in [2.45, 2.75) is 6.92 Å². The molecular formula is C12H10Cl2F2N4. The van der Waals surface area contributed by atoms with Gasteiger partial charge in [-0.1, -0.05) is 23.2 Å². The summed E-state index contributed by atoms with van der Waals surface area (Å²) in [6.07, 6.45) is 0. The monoisotopic (exact) mass is 318 g/mol. The summed E-state index contributed by atoms with van der Waals surface area (Å²) in [5, 5.41) is 3.43. The van der Waals surface area contributed by atoms with Gasteiger partial charge in [-0.25, -0.2) is 19.6 Å². The van der Waals surface area contributed by atoms with Gasteiger partial charge in [0.15, 0.2) is 23.3 Å². The van der Waals surface area contributed by atoms with Gasteiger partial charge >= 0.3 is 0 Å². The Balaban J connectivity index is 2.42. The van der Waals surface area contributed by atoms with Crippen LogP contribution >= 0.6 is 23.2 Å². The van der Waals surface area contributed by atoms with Gasteiger partial charge < -0.3 is 10.7 Å². The molecule has 0 bridgehead atoms. The number of hydrazine groups is 1. The smallest absolute Gasteiger partial charge is 0.178 e. The Hall–Kier alpha value is -1.63. The minimum Gasteiger partial charge on any atom is -0.336 e. The topological polar surface area (TPSA) is 63.0 Å². The second-order valence-electron chi connectivity index (χ2n) is 4.00. The van der Waals surface area contributed by atoms with Crippen LogP contribution < -0.4 is 16.6 Å². The summed E-state index contributed by atoms with van der Waals surface area (Å²) in [6, 6.07) is 3.81. The van der Waals surface area contributed by atoms with Crippen molar-refractivity contribution in [3.63, 3.8) is 0 Å². The number of benzene rings is 1. The van der Waals surface area contributed by atoms with Crippen LogP contribution in [0.2, 0.25) is 10.0 Å². The van der Waals surface area contributed by atoms with Gasteiger partial charge in [-0.3, -0.25) is 0 Å². The Morgan fingerprint density at radius 3 is 2.35 bits per heavy atom. The molecule has 0 saturated carbocycles. The molecule has 0 spiro atoms. The average Bonchev–Trinajstić information content (AvgIpc) is 2.38. The molecule has 0 unspecified atom stereocenters. The highest BCUT2D eigenvalue weighted by atomic mass is 35.5. The van der Waals surface area contributed by atoms with Crippen LogP contribution in [0.4, 0.5) is 26.1 Å². The van der Waals surface area contributed by atoms with Gasteiger partial charge in [0.2, 0.25) is 0 Å². The molecule has 8 heteroatoms. The molecule has 20 heavy (non-hydrogen) atoms. The second-order valence-corrected chi connectivity index (χ2v) is 4.81. The Bertz CT molecular complexity index is 664. The molecule has 4 N–H and O–H groups in total. The molecule has 1 heterocycles. The van der Waals surface area contributed by atoms with E-state index >= 15 is 0 Å². The van der Waals surface area contributed by atoms with Crippen LogP contribution in [0, 0.1) is 18.6 Å². The van der Waals surface area contributed by atoms with Crippen LogP contribution in [0.3, 0.4) is 0 Å². The first-order valence-corrected chi connectivity index (χ1v) is 6.23. The summed E-state index contributed by atoms with van der Waals surface area (Å²) < 4.78 is 26.9. The van der Waals surface area contributed by atoms with E-state index in [-0.39, 0.29) is 11.6 Å². The van der Waals surface area contributed by atoms with E-state index in [1.165, 1.54) is 6.07 Å². The lowest BCUT2D eigenvalue weighted by atomic mass is 10.2. The Morgan fingerprint density at radius 1 is 1.05 bits per heavy atom. The molecule has 0 aliphatic heterocycles. The minimum absolute atomic E-state index is 0.221. The number of aromatic nitrogens is 1. The third-order valence-electron chi connectivity index (χ3n) is 2.57. The van der Waals surface area contributed by atoms with E-state index in [0.29, 0.717) is 21.8 Å². The van der Waals surface area contributed by atoms with Crippen molar-refractivity contribution in [1.29, 1.82) is 0 Å². The Kier molecular flexibility index (Phi) is 4.27. The summed E-state index contributed by atoms with van der Waals surface area (Å²) in [7, 11) is 0. The molecule has 0 aliphatic carbocycles. The minimum atomic E-state index is -0.899. The number of nitrogens with two attached hydrogens (primary N) is 1. The number of nitrogens with one attached hydrogen (secondary N) is 2. The number of nitrogen functional groups attached to an aromatic ring is 1. The largest absolute Gasteiger partial charge is 0.336 e. The van der Waals surface area contributed by atoms with E-state index in [1.807, 2.05) is 5.43 Å². The average molecular weight is 319 g/mol. The number of anilines is 3. The van der Waals surface area contributed by atoms with E-state index in [2.05, 4.69) is 10.3 Å².